The number of nitrogens with one attached hydrogen (secondary N) is 2. The predicted octanol–water partition coefficient (Wildman–Crippen LogP) is 1.72. The van der Waals surface area contributed by atoms with Crippen LogP contribution in [0.5, 0.6) is 0 Å². The molecule has 2 aromatic rings. The highest BCUT2D eigenvalue weighted by Crippen LogP contribution is 2.14. The maximum Gasteiger partial charge on any atom is 0.254 e. The zero-order chi connectivity index (χ0) is 20.6. The fourth-order valence-electron chi connectivity index (χ4n) is 3.26. The minimum Gasteiger partial charge on any atom is -0.339 e. The lowest BCUT2D eigenvalue weighted by Crippen LogP contribution is -2.50. The summed E-state index contributed by atoms with van der Waals surface area (Å²) >= 11 is 0. The molecular formula is C22H26N4O3. The van der Waals surface area contributed by atoms with Crippen molar-refractivity contribution in [3.05, 3.63) is 65.7 Å². The molecule has 2 N–H and O–H groups in total. The smallest absolute Gasteiger partial charge is 0.254 e. The van der Waals surface area contributed by atoms with Gasteiger partial charge in [-0.1, -0.05) is 30.3 Å². The summed E-state index contributed by atoms with van der Waals surface area (Å²) < 4.78 is 0. The summed E-state index contributed by atoms with van der Waals surface area (Å²) in [5.74, 6) is -0.436. The van der Waals surface area contributed by atoms with Gasteiger partial charge in [0.25, 0.3) is 5.91 Å². The number of benzene rings is 2. The summed E-state index contributed by atoms with van der Waals surface area (Å²) in [5, 5.41) is 5.91. The van der Waals surface area contributed by atoms with Gasteiger partial charge in [0, 0.05) is 50.9 Å². The molecule has 0 spiro atoms. The molecule has 0 unspecified atom stereocenters. The van der Waals surface area contributed by atoms with Gasteiger partial charge in [-0.3, -0.25) is 14.4 Å². The highest BCUT2D eigenvalue weighted by molar-refractivity contribution is 5.97. The Kier molecular flexibility index (Phi) is 6.97. The first kappa shape index (κ1) is 20.5. The summed E-state index contributed by atoms with van der Waals surface area (Å²) in [5.41, 5.74) is 2.06. The summed E-state index contributed by atoms with van der Waals surface area (Å²) in [6.07, 6.45) is 0. The van der Waals surface area contributed by atoms with Gasteiger partial charge >= 0.3 is 0 Å². The van der Waals surface area contributed by atoms with Gasteiger partial charge in [-0.05, 0) is 29.8 Å². The Morgan fingerprint density at radius 1 is 1.00 bits per heavy atom. The fraction of sp³-hybridized carbons (Fsp3) is 0.318. The Labute approximate surface area is 170 Å². The van der Waals surface area contributed by atoms with Gasteiger partial charge in [-0.15, -0.1) is 0 Å². The Hall–Kier alpha value is -3.19. The van der Waals surface area contributed by atoms with Crippen LogP contribution in [0.25, 0.3) is 0 Å². The van der Waals surface area contributed by atoms with E-state index >= 15 is 0 Å². The van der Waals surface area contributed by atoms with Crippen LogP contribution in [0.3, 0.4) is 0 Å². The molecule has 0 bridgehead atoms. The van der Waals surface area contributed by atoms with Crippen LogP contribution < -0.4 is 10.6 Å². The number of nitrogens with zero attached hydrogens (tertiary/aromatic N) is 2. The van der Waals surface area contributed by atoms with Crippen LogP contribution in [0.1, 0.15) is 22.8 Å². The quantitative estimate of drug-likeness (QED) is 0.782. The monoisotopic (exact) mass is 394 g/mol. The SMILES string of the molecule is CC(=O)Nc1ccc(C(=O)N(CC(=O)N2CCNCC2)Cc2ccccc2)cc1. The Morgan fingerprint density at radius 2 is 1.66 bits per heavy atom. The van der Waals surface area contributed by atoms with Crippen molar-refractivity contribution in [2.75, 3.05) is 38.0 Å². The van der Waals surface area contributed by atoms with Gasteiger partial charge in [0.1, 0.15) is 6.54 Å². The number of hydrogen-bond acceptors (Lipinski definition) is 4. The zero-order valence-electron chi connectivity index (χ0n) is 16.6. The average molecular weight is 394 g/mol. The van der Waals surface area contributed by atoms with Crippen molar-refractivity contribution in [2.45, 2.75) is 13.5 Å². The van der Waals surface area contributed by atoms with Gasteiger partial charge in [-0.25, -0.2) is 0 Å². The van der Waals surface area contributed by atoms with Crippen molar-refractivity contribution in [3.63, 3.8) is 0 Å². The number of rotatable bonds is 6. The first-order valence-corrected chi connectivity index (χ1v) is 9.72. The van der Waals surface area contributed by atoms with Crippen LogP contribution in [0.15, 0.2) is 54.6 Å². The van der Waals surface area contributed by atoms with Crippen molar-refractivity contribution in [1.29, 1.82) is 0 Å². The molecule has 29 heavy (non-hydrogen) atoms. The fourth-order valence-corrected chi connectivity index (χ4v) is 3.26. The third kappa shape index (κ3) is 5.89. The standard InChI is InChI=1S/C22H26N4O3/c1-17(27)24-20-9-7-19(8-10-20)22(29)26(15-18-5-3-2-4-6-18)16-21(28)25-13-11-23-12-14-25/h2-10,23H,11-16H2,1H3,(H,24,27). The van der Waals surface area contributed by atoms with E-state index < -0.39 is 0 Å². The Morgan fingerprint density at radius 3 is 2.28 bits per heavy atom. The van der Waals surface area contributed by atoms with Crippen LogP contribution in [0.4, 0.5) is 5.69 Å². The third-order valence-electron chi connectivity index (χ3n) is 4.75. The third-order valence-corrected chi connectivity index (χ3v) is 4.75. The molecule has 152 valence electrons. The Bertz CT molecular complexity index is 846. The lowest BCUT2D eigenvalue weighted by atomic mass is 10.1. The molecular weight excluding hydrogens is 368 g/mol. The van der Waals surface area contributed by atoms with E-state index in [2.05, 4.69) is 10.6 Å². The van der Waals surface area contributed by atoms with Crippen LogP contribution in [0.2, 0.25) is 0 Å². The molecule has 0 radical (unpaired) electrons. The number of piperazine rings is 1. The van der Waals surface area contributed by atoms with Crippen molar-refractivity contribution >= 4 is 23.4 Å². The molecule has 3 rings (SSSR count). The molecule has 7 nitrogen and oxygen atoms in total. The Balaban J connectivity index is 1.76. The lowest BCUT2D eigenvalue weighted by Gasteiger charge is -2.30. The maximum absolute atomic E-state index is 13.2. The molecule has 0 atom stereocenters. The summed E-state index contributed by atoms with van der Waals surface area (Å²) in [4.78, 5) is 40.5. The van der Waals surface area contributed by atoms with Gasteiger partial charge in [0.05, 0.1) is 0 Å². The molecule has 1 heterocycles. The van der Waals surface area contributed by atoms with Crippen molar-refractivity contribution < 1.29 is 14.4 Å². The molecule has 0 aliphatic carbocycles. The minimum atomic E-state index is -0.216. The van der Waals surface area contributed by atoms with Crippen LogP contribution >= 0.6 is 0 Å². The highest BCUT2D eigenvalue weighted by Gasteiger charge is 2.23. The number of amides is 3. The second-order valence-electron chi connectivity index (χ2n) is 7.04. The first-order valence-electron chi connectivity index (χ1n) is 9.72. The largest absolute Gasteiger partial charge is 0.339 e. The topological polar surface area (TPSA) is 81.8 Å². The second-order valence-corrected chi connectivity index (χ2v) is 7.04. The molecule has 0 saturated carbocycles. The summed E-state index contributed by atoms with van der Waals surface area (Å²) in [7, 11) is 0. The first-order chi connectivity index (χ1) is 14.0. The van der Waals surface area contributed by atoms with E-state index in [4.69, 9.17) is 0 Å². The van der Waals surface area contributed by atoms with E-state index in [0.717, 1.165) is 18.7 Å². The average Bonchev–Trinajstić information content (AvgIpc) is 2.74. The number of hydrogen-bond donors (Lipinski definition) is 2. The molecule has 1 aliphatic heterocycles. The molecule has 2 aromatic carbocycles. The van der Waals surface area contributed by atoms with Gasteiger partial charge in [0.2, 0.25) is 11.8 Å². The van der Waals surface area contributed by atoms with E-state index in [1.54, 1.807) is 34.1 Å². The van der Waals surface area contributed by atoms with Crippen LogP contribution in [-0.2, 0) is 16.1 Å². The van der Waals surface area contributed by atoms with Gasteiger partial charge in [-0.2, -0.15) is 0 Å². The van der Waals surface area contributed by atoms with Crippen molar-refractivity contribution in [2.24, 2.45) is 0 Å². The van der Waals surface area contributed by atoms with Crippen molar-refractivity contribution in [3.8, 4) is 0 Å². The highest BCUT2D eigenvalue weighted by atomic mass is 16.2. The molecule has 1 fully saturated rings. The molecule has 7 heteroatoms. The second kappa shape index (κ2) is 9.84. The van der Waals surface area contributed by atoms with E-state index in [1.807, 2.05) is 30.3 Å². The van der Waals surface area contributed by atoms with Crippen LogP contribution in [0, 0.1) is 0 Å². The maximum atomic E-state index is 13.2. The van der Waals surface area contributed by atoms with Crippen molar-refractivity contribution in [1.82, 2.24) is 15.1 Å². The number of carbonyl (C=O) groups excluding carboxylic acids is 3. The van der Waals surface area contributed by atoms with E-state index in [1.165, 1.54) is 6.92 Å². The normalized spacial score (nSPS) is 13.6. The van der Waals surface area contributed by atoms with E-state index in [-0.39, 0.29) is 24.3 Å². The van der Waals surface area contributed by atoms with E-state index in [9.17, 15) is 14.4 Å². The number of carbonyl (C=O) groups is 3. The van der Waals surface area contributed by atoms with Crippen LogP contribution in [-0.4, -0.2) is 60.2 Å². The predicted molar refractivity (Wildman–Crippen MR) is 111 cm³/mol. The van der Waals surface area contributed by atoms with Gasteiger partial charge in [0.15, 0.2) is 0 Å². The molecule has 1 aliphatic rings. The number of anilines is 1. The zero-order valence-corrected chi connectivity index (χ0v) is 16.6. The van der Waals surface area contributed by atoms with Gasteiger partial charge < -0.3 is 20.4 Å². The van der Waals surface area contributed by atoms with E-state index in [0.29, 0.717) is 30.9 Å². The molecule has 0 aromatic heterocycles. The minimum absolute atomic E-state index is 0.0289. The molecule has 3 amide bonds. The lowest BCUT2D eigenvalue weighted by molar-refractivity contribution is -0.132. The molecule has 1 saturated heterocycles. The summed E-state index contributed by atoms with van der Waals surface area (Å²) in [6, 6.07) is 16.3. The summed E-state index contributed by atoms with van der Waals surface area (Å²) in [6.45, 7) is 4.65.